The summed E-state index contributed by atoms with van der Waals surface area (Å²) < 4.78 is 13.1. The van der Waals surface area contributed by atoms with Crippen molar-refractivity contribution in [1.82, 2.24) is 20.3 Å². The van der Waals surface area contributed by atoms with Crippen LogP contribution in [0.1, 0.15) is 24.0 Å². The molecule has 33 heavy (non-hydrogen) atoms. The number of benzene rings is 2. The van der Waals surface area contributed by atoms with Gasteiger partial charge in [-0.15, -0.1) is 0 Å². The van der Waals surface area contributed by atoms with Crippen molar-refractivity contribution in [3.63, 3.8) is 0 Å². The first-order valence-electron chi connectivity index (χ1n) is 10.9. The lowest BCUT2D eigenvalue weighted by Gasteiger charge is -2.31. The summed E-state index contributed by atoms with van der Waals surface area (Å²) in [6, 6.07) is 14.7. The van der Waals surface area contributed by atoms with E-state index in [9.17, 15) is 9.18 Å². The van der Waals surface area contributed by atoms with Crippen molar-refractivity contribution in [2.45, 2.75) is 26.1 Å². The van der Waals surface area contributed by atoms with Gasteiger partial charge in [-0.2, -0.15) is 15.0 Å². The number of hydrogen-bond donors (Lipinski definition) is 2. The predicted molar refractivity (Wildman–Crippen MR) is 128 cm³/mol. The summed E-state index contributed by atoms with van der Waals surface area (Å²) in [5.74, 6) is 1.40. The Bertz CT molecular complexity index is 1120. The van der Waals surface area contributed by atoms with Crippen LogP contribution in [0.15, 0.2) is 48.5 Å². The maximum absolute atomic E-state index is 13.1. The molecular weight excluding hydrogens is 443 g/mol. The van der Waals surface area contributed by atoms with Gasteiger partial charge in [0.05, 0.1) is 5.02 Å². The third-order valence-electron chi connectivity index (χ3n) is 5.83. The molecule has 9 heteroatoms. The van der Waals surface area contributed by atoms with E-state index < -0.39 is 6.67 Å². The number of aromatic nitrogens is 3. The van der Waals surface area contributed by atoms with E-state index in [4.69, 9.17) is 11.6 Å². The van der Waals surface area contributed by atoms with Gasteiger partial charge in [0.1, 0.15) is 6.67 Å². The lowest BCUT2D eigenvalue weighted by molar-refractivity contribution is -0.125. The zero-order valence-electron chi connectivity index (χ0n) is 18.4. The molecule has 2 aromatic carbocycles. The summed E-state index contributed by atoms with van der Waals surface area (Å²) in [6.45, 7) is 1.09. The highest BCUT2D eigenvalue weighted by Crippen LogP contribution is 2.28. The van der Waals surface area contributed by atoms with Crippen molar-refractivity contribution >= 4 is 29.4 Å². The number of alkyl halides is 1. The van der Waals surface area contributed by atoms with E-state index >= 15 is 0 Å². The molecule has 1 amide bonds. The second-order valence-corrected chi connectivity index (χ2v) is 8.30. The minimum absolute atomic E-state index is 0.00775. The van der Waals surface area contributed by atoms with Crippen LogP contribution >= 0.6 is 11.6 Å². The number of hydrogen-bond acceptors (Lipinski definition) is 6. The van der Waals surface area contributed by atoms with Gasteiger partial charge in [-0.3, -0.25) is 4.79 Å². The summed E-state index contributed by atoms with van der Waals surface area (Å²) in [4.78, 5) is 28.4. The summed E-state index contributed by atoms with van der Waals surface area (Å²) in [5, 5.41) is 6.52. The zero-order valence-corrected chi connectivity index (χ0v) is 19.1. The Morgan fingerprint density at radius 1 is 1.06 bits per heavy atom. The molecule has 0 saturated carbocycles. The Labute approximate surface area is 197 Å². The van der Waals surface area contributed by atoms with E-state index in [0.29, 0.717) is 60.8 Å². The SMILES string of the molecule is CNc1nc(-c2ccccc2Cl)nc(N2CCC(C(=O)NCc3ccccc3CF)CC2)n1. The van der Waals surface area contributed by atoms with Gasteiger partial charge in [-0.25, -0.2) is 4.39 Å². The van der Waals surface area contributed by atoms with Crippen molar-refractivity contribution in [3.8, 4) is 11.4 Å². The van der Waals surface area contributed by atoms with Crippen LogP contribution in [-0.2, 0) is 18.0 Å². The molecule has 0 bridgehead atoms. The molecule has 1 aliphatic heterocycles. The maximum Gasteiger partial charge on any atom is 0.230 e. The van der Waals surface area contributed by atoms with Gasteiger partial charge >= 0.3 is 0 Å². The highest BCUT2D eigenvalue weighted by atomic mass is 35.5. The largest absolute Gasteiger partial charge is 0.357 e. The van der Waals surface area contributed by atoms with Crippen LogP contribution in [0.2, 0.25) is 5.02 Å². The number of halogens is 2. The topological polar surface area (TPSA) is 83.0 Å². The van der Waals surface area contributed by atoms with E-state index in [1.165, 1.54) is 0 Å². The lowest BCUT2D eigenvalue weighted by atomic mass is 9.96. The fourth-order valence-corrected chi connectivity index (χ4v) is 4.13. The van der Waals surface area contributed by atoms with Crippen LogP contribution in [0.3, 0.4) is 0 Å². The van der Waals surface area contributed by atoms with Gasteiger partial charge in [0.2, 0.25) is 17.8 Å². The molecule has 0 radical (unpaired) electrons. The van der Waals surface area contributed by atoms with Crippen molar-refractivity contribution in [1.29, 1.82) is 0 Å². The molecule has 1 aliphatic rings. The van der Waals surface area contributed by atoms with Crippen molar-refractivity contribution in [2.24, 2.45) is 5.92 Å². The lowest BCUT2D eigenvalue weighted by Crippen LogP contribution is -2.41. The third-order valence-corrected chi connectivity index (χ3v) is 6.16. The molecule has 3 aromatic rings. The Kier molecular flexibility index (Phi) is 7.34. The third kappa shape index (κ3) is 5.39. The second-order valence-electron chi connectivity index (χ2n) is 7.89. The first-order valence-corrected chi connectivity index (χ1v) is 11.3. The summed E-state index contributed by atoms with van der Waals surface area (Å²) in [7, 11) is 1.76. The highest BCUT2D eigenvalue weighted by Gasteiger charge is 2.27. The molecular formula is C24H26ClFN6O. The first-order chi connectivity index (χ1) is 16.1. The molecule has 2 heterocycles. The molecule has 172 valence electrons. The second kappa shape index (κ2) is 10.6. The van der Waals surface area contributed by atoms with Gasteiger partial charge in [0.25, 0.3) is 0 Å². The van der Waals surface area contributed by atoms with E-state index in [-0.39, 0.29) is 11.8 Å². The van der Waals surface area contributed by atoms with E-state index in [0.717, 1.165) is 11.1 Å². The maximum atomic E-state index is 13.1. The average molecular weight is 469 g/mol. The molecule has 7 nitrogen and oxygen atoms in total. The number of amides is 1. The van der Waals surface area contributed by atoms with Crippen LogP contribution in [0.5, 0.6) is 0 Å². The molecule has 1 aromatic heterocycles. The van der Waals surface area contributed by atoms with Gasteiger partial charge in [0.15, 0.2) is 5.82 Å². The van der Waals surface area contributed by atoms with Crippen LogP contribution in [-0.4, -0.2) is 41.0 Å². The van der Waals surface area contributed by atoms with Gasteiger partial charge in [-0.1, -0.05) is 48.0 Å². The van der Waals surface area contributed by atoms with Gasteiger partial charge in [-0.05, 0) is 36.1 Å². The summed E-state index contributed by atoms with van der Waals surface area (Å²) >= 11 is 6.34. The van der Waals surface area contributed by atoms with Crippen LogP contribution in [0.25, 0.3) is 11.4 Å². The molecule has 2 N–H and O–H groups in total. The number of carbonyl (C=O) groups excluding carboxylic acids is 1. The number of anilines is 2. The predicted octanol–water partition coefficient (Wildman–Crippen LogP) is 4.24. The van der Waals surface area contributed by atoms with Gasteiger partial charge < -0.3 is 15.5 Å². The molecule has 0 aliphatic carbocycles. The van der Waals surface area contributed by atoms with Crippen molar-refractivity contribution < 1.29 is 9.18 Å². The van der Waals surface area contributed by atoms with E-state index in [1.807, 2.05) is 30.3 Å². The molecule has 1 fully saturated rings. The Morgan fingerprint density at radius 3 is 2.45 bits per heavy atom. The number of piperidine rings is 1. The van der Waals surface area contributed by atoms with Crippen LogP contribution < -0.4 is 15.5 Å². The summed E-state index contributed by atoms with van der Waals surface area (Å²) in [6.07, 6.45) is 1.36. The number of carbonyl (C=O) groups is 1. The Hall–Kier alpha value is -3.26. The minimum atomic E-state index is -0.541. The quantitative estimate of drug-likeness (QED) is 0.539. The van der Waals surface area contributed by atoms with Crippen molar-refractivity contribution in [3.05, 3.63) is 64.7 Å². The highest BCUT2D eigenvalue weighted by molar-refractivity contribution is 6.33. The number of rotatable bonds is 7. The monoisotopic (exact) mass is 468 g/mol. The fourth-order valence-electron chi connectivity index (χ4n) is 3.91. The standard InChI is InChI=1S/C24H26ClFN6O/c1-27-23-29-21(19-8-4-5-9-20(19)25)30-24(31-23)32-12-10-16(11-13-32)22(33)28-15-18-7-3-2-6-17(18)14-26/h2-9,16H,10-15H2,1H3,(H,28,33)(H,27,29,30,31). The normalized spacial score (nSPS) is 14.2. The molecule has 1 saturated heterocycles. The Morgan fingerprint density at radius 2 is 1.76 bits per heavy atom. The van der Waals surface area contributed by atoms with Crippen LogP contribution in [0, 0.1) is 5.92 Å². The van der Waals surface area contributed by atoms with Crippen molar-refractivity contribution in [2.75, 3.05) is 30.4 Å². The minimum Gasteiger partial charge on any atom is -0.357 e. The van der Waals surface area contributed by atoms with E-state index in [1.54, 1.807) is 25.2 Å². The number of nitrogens with zero attached hydrogens (tertiary/aromatic N) is 4. The molecule has 0 atom stereocenters. The van der Waals surface area contributed by atoms with Crippen LogP contribution in [0.4, 0.5) is 16.3 Å². The Balaban J connectivity index is 1.41. The fraction of sp³-hybridized carbons (Fsp3) is 0.333. The average Bonchev–Trinajstić information content (AvgIpc) is 2.87. The summed E-state index contributed by atoms with van der Waals surface area (Å²) in [5.41, 5.74) is 2.15. The molecule has 0 unspecified atom stereocenters. The first kappa shape index (κ1) is 22.9. The number of nitrogens with one attached hydrogen (secondary N) is 2. The smallest absolute Gasteiger partial charge is 0.230 e. The van der Waals surface area contributed by atoms with E-state index in [2.05, 4.69) is 30.5 Å². The molecule has 4 rings (SSSR count). The molecule has 0 spiro atoms. The zero-order chi connectivity index (χ0) is 23.2. The van der Waals surface area contributed by atoms with Gasteiger partial charge in [0, 0.05) is 38.2 Å².